The van der Waals surface area contributed by atoms with Crippen molar-refractivity contribution in [3.63, 3.8) is 0 Å². The largest absolute Gasteiger partial charge is 0.271 e. The summed E-state index contributed by atoms with van der Waals surface area (Å²) in [6, 6.07) is 1.80. The van der Waals surface area contributed by atoms with Gasteiger partial charge in [0.05, 0.1) is 0 Å². The Morgan fingerprint density at radius 3 is 2.90 bits per heavy atom. The van der Waals surface area contributed by atoms with E-state index in [0.717, 1.165) is 12.1 Å². The number of carbonyl (C=O) groups excluding carboxylic acids is 1. The van der Waals surface area contributed by atoms with Crippen molar-refractivity contribution in [3.8, 4) is 0 Å². The fourth-order valence-corrected chi connectivity index (χ4v) is 3.80. The van der Waals surface area contributed by atoms with Crippen LogP contribution in [0.3, 0.4) is 0 Å². The number of carbonyl (C=O) groups is 1. The molecule has 5 nitrogen and oxygen atoms in total. The number of nitrogens with one attached hydrogen (secondary N) is 1. The zero-order valence-electron chi connectivity index (χ0n) is 12.4. The summed E-state index contributed by atoms with van der Waals surface area (Å²) in [7, 11) is 0. The lowest BCUT2D eigenvalue weighted by atomic mass is 9.70. The molecule has 2 saturated carbocycles. The van der Waals surface area contributed by atoms with Crippen molar-refractivity contribution < 1.29 is 4.79 Å². The molecule has 0 saturated heterocycles. The Hall–Kier alpha value is -1.65. The van der Waals surface area contributed by atoms with E-state index in [9.17, 15) is 4.79 Å². The third-order valence-electron chi connectivity index (χ3n) is 5.69. The number of nitrogens with zero attached hydrogens (tertiary/aromatic N) is 3. The molecule has 3 rings (SSSR count). The monoisotopic (exact) mass is 274 g/mol. The molecule has 2 aliphatic rings. The summed E-state index contributed by atoms with van der Waals surface area (Å²) in [5, 5.41) is 8.45. The van der Waals surface area contributed by atoms with Gasteiger partial charge in [0.2, 0.25) is 0 Å². The van der Waals surface area contributed by atoms with E-state index in [2.05, 4.69) is 36.4 Å². The van der Waals surface area contributed by atoms with Gasteiger partial charge in [0.15, 0.2) is 0 Å². The van der Waals surface area contributed by atoms with Crippen molar-refractivity contribution in [2.45, 2.75) is 46.6 Å². The van der Waals surface area contributed by atoms with E-state index in [1.807, 2.05) is 0 Å². The van der Waals surface area contributed by atoms with E-state index in [1.165, 1.54) is 12.8 Å². The summed E-state index contributed by atoms with van der Waals surface area (Å²) < 4.78 is 1.60. The average Bonchev–Trinajstić information content (AvgIpc) is 3.01. The van der Waals surface area contributed by atoms with E-state index >= 15 is 0 Å². The Morgan fingerprint density at radius 2 is 2.35 bits per heavy atom. The van der Waals surface area contributed by atoms with Crippen molar-refractivity contribution in [2.24, 2.45) is 21.8 Å². The van der Waals surface area contributed by atoms with Crippen LogP contribution < -0.4 is 5.43 Å². The normalized spacial score (nSPS) is 32.8. The van der Waals surface area contributed by atoms with Crippen LogP contribution in [0.1, 0.15) is 40.0 Å². The average molecular weight is 274 g/mol. The van der Waals surface area contributed by atoms with Gasteiger partial charge < -0.3 is 0 Å². The number of amides is 1. The third kappa shape index (κ3) is 1.87. The summed E-state index contributed by atoms with van der Waals surface area (Å²) in [6.45, 7) is 7.17. The minimum absolute atomic E-state index is 0.120. The molecule has 2 fully saturated rings. The number of hydrogen-bond acceptors (Lipinski definition) is 3. The van der Waals surface area contributed by atoms with Crippen LogP contribution >= 0.6 is 0 Å². The summed E-state index contributed by atoms with van der Waals surface area (Å²) in [5.74, 6) is 0.583. The lowest BCUT2D eigenvalue weighted by Crippen LogP contribution is -2.34. The van der Waals surface area contributed by atoms with Crippen LogP contribution in [0.25, 0.3) is 0 Å². The number of hydrogen-bond donors (Lipinski definition) is 1. The molecule has 20 heavy (non-hydrogen) atoms. The summed E-state index contributed by atoms with van der Waals surface area (Å²) >= 11 is 0. The smallest absolute Gasteiger partial charge is 0.261 e. The summed E-state index contributed by atoms with van der Waals surface area (Å²) in [5.41, 5.74) is 4.28. The molecule has 1 N–H and O–H groups in total. The van der Waals surface area contributed by atoms with Crippen LogP contribution in [0.15, 0.2) is 23.6 Å². The molecule has 1 amide bonds. The minimum Gasteiger partial charge on any atom is -0.271 e. The Labute approximate surface area is 119 Å². The molecule has 2 aliphatic carbocycles. The highest BCUT2D eigenvalue weighted by atomic mass is 16.2. The fraction of sp³-hybridized carbons (Fsp3) is 0.667. The van der Waals surface area contributed by atoms with Crippen molar-refractivity contribution in [2.75, 3.05) is 0 Å². The number of fused-ring (bicyclic) bond motifs is 2. The predicted octanol–water partition coefficient (Wildman–Crippen LogP) is 2.20. The zero-order chi connectivity index (χ0) is 14.4. The zero-order valence-corrected chi connectivity index (χ0v) is 12.4. The van der Waals surface area contributed by atoms with Gasteiger partial charge in [-0.3, -0.25) is 9.48 Å². The second-order valence-corrected chi connectivity index (χ2v) is 6.79. The second-order valence-electron chi connectivity index (χ2n) is 6.79. The van der Waals surface area contributed by atoms with Crippen LogP contribution in [0.2, 0.25) is 0 Å². The Kier molecular flexibility index (Phi) is 2.96. The van der Waals surface area contributed by atoms with Crippen molar-refractivity contribution in [1.82, 2.24) is 15.2 Å². The first kappa shape index (κ1) is 13.3. The molecule has 1 aromatic heterocycles. The molecule has 108 valence electrons. The van der Waals surface area contributed by atoms with Gasteiger partial charge >= 0.3 is 0 Å². The standard InChI is InChI=1S/C15H22N4O/c1-14(2)11-5-6-15(14,3)12(9-11)17-18-13(20)10-19-8-4-7-16-19/h4,7-8,11H,5-6,9-10H2,1-3H3,(H,18,20)/b17-12+. The molecule has 0 aromatic carbocycles. The van der Waals surface area contributed by atoms with Crippen LogP contribution in [0.5, 0.6) is 0 Å². The van der Waals surface area contributed by atoms with Crippen LogP contribution in [0.4, 0.5) is 0 Å². The van der Waals surface area contributed by atoms with Gasteiger partial charge in [-0.2, -0.15) is 10.2 Å². The van der Waals surface area contributed by atoms with Gasteiger partial charge in [0.25, 0.3) is 5.91 Å². The van der Waals surface area contributed by atoms with Gasteiger partial charge in [-0.15, -0.1) is 0 Å². The quantitative estimate of drug-likeness (QED) is 0.859. The predicted molar refractivity (Wildman–Crippen MR) is 77.0 cm³/mol. The van der Waals surface area contributed by atoms with Crippen molar-refractivity contribution >= 4 is 11.6 Å². The number of hydrazone groups is 1. The van der Waals surface area contributed by atoms with Gasteiger partial charge in [-0.1, -0.05) is 20.8 Å². The molecule has 5 heteroatoms. The molecule has 2 unspecified atom stereocenters. The highest BCUT2D eigenvalue weighted by molar-refractivity contribution is 5.95. The third-order valence-corrected chi connectivity index (χ3v) is 5.69. The van der Waals surface area contributed by atoms with E-state index in [-0.39, 0.29) is 17.9 Å². The second kappa shape index (κ2) is 4.43. The van der Waals surface area contributed by atoms with Gasteiger partial charge in [0, 0.05) is 23.5 Å². The lowest BCUT2D eigenvalue weighted by Gasteiger charge is -2.34. The first-order valence-corrected chi connectivity index (χ1v) is 7.27. The lowest BCUT2D eigenvalue weighted by molar-refractivity contribution is -0.121. The maximum atomic E-state index is 11.9. The molecule has 2 bridgehead atoms. The molecule has 0 spiro atoms. The van der Waals surface area contributed by atoms with Crippen LogP contribution in [-0.2, 0) is 11.3 Å². The molecule has 1 aromatic rings. The summed E-state index contributed by atoms with van der Waals surface area (Å²) in [6.07, 6.45) is 6.92. The highest BCUT2D eigenvalue weighted by Gasteiger charge is 2.59. The molecular weight excluding hydrogens is 252 g/mol. The molecular formula is C15H22N4O. The van der Waals surface area contributed by atoms with E-state index in [0.29, 0.717) is 11.3 Å². The van der Waals surface area contributed by atoms with Crippen molar-refractivity contribution in [3.05, 3.63) is 18.5 Å². The molecule has 0 aliphatic heterocycles. The SMILES string of the molecule is CC12CCC(C/C1=N\NC(=O)Cn1cccn1)C2(C)C. The Morgan fingerprint density at radius 1 is 1.55 bits per heavy atom. The number of rotatable bonds is 3. The first-order valence-electron chi connectivity index (χ1n) is 7.27. The van der Waals surface area contributed by atoms with E-state index in [1.54, 1.807) is 23.1 Å². The maximum Gasteiger partial charge on any atom is 0.261 e. The topological polar surface area (TPSA) is 59.3 Å². The minimum atomic E-state index is -0.120. The van der Waals surface area contributed by atoms with Gasteiger partial charge in [0.1, 0.15) is 6.54 Å². The Bertz CT molecular complexity index is 546. The number of aromatic nitrogens is 2. The van der Waals surface area contributed by atoms with Crippen molar-refractivity contribution in [1.29, 1.82) is 0 Å². The molecule has 2 atom stereocenters. The molecule has 1 heterocycles. The van der Waals surface area contributed by atoms with Gasteiger partial charge in [-0.25, -0.2) is 5.43 Å². The maximum absolute atomic E-state index is 11.9. The van der Waals surface area contributed by atoms with Crippen LogP contribution in [0, 0.1) is 16.7 Å². The Balaban J connectivity index is 1.67. The first-order chi connectivity index (χ1) is 9.43. The molecule has 0 radical (unpaired) electrons. The fourth-order valence-electron chi connectivity index (χ4n) is 3.80. The van der Waals surface area contributed by atoms with Gasteiger partial charge in [-0.05, 0) is 36.7 Å². The summed E-state index contributed by atoms with van der Waals surface area (Å²) in [4.78, 5) is 11.9. The van der Waals surface area contributed by atoms with E-state index in [4.69, 9.17) is 0 Å². The highest BCUT2D eigenvalue weighted by Crippen LogP contribution is 2.63. The van der Waals surface area contributed by atoms with E-state index < -0.39 is 0 Å². The van der Waals surface area contributed by atoms with Crippen LogP contribution in [-0.4, -0.2) is 21.4 Å².